The van der Waals surface area contributed by atoms with Crippen molar-refractivity contribution in [3.05, 3.63) is 83.8 Å². The third-order valence-electron chi connectivity index (χ3n) is 3.80. The highest BCUT2D eigenvalue weighted by Gasteiger charge is 2.29. The molecular formula is C19H16FNO3. The van der Waals surface area contributed by atoms with Crippen LogP contribution in [-0.2, 0) is 16.1 Å². The normalized spacial score (nSPS) is 17.0. The first kappa shape index (κ1) is 15.9. The highest BCUT2D eigenvalue weighted by Crippen LogP contribution is 2.29. The molecule has 0 spiro atoms. The number of amides is 1. The molecule has 0 saturated carbocycles. The minimum Gasteiger partial charge on any atom is -0.444 e. The van der Waals surface area contributed by atoms with E-state index in [1.807, 2.05) is 30.3 Å². The number of carbonyl (C=O) groups excluding carboxylic acids is 2. The minimum atomic E-state index is -0.572. The first-order valence-corrected chi connectivity index (χ1v) is 7.59. The smallest absolute Gasteiger partial charge is 0.414 e. The Morgan fingerprint density at radius 1 is 1.17 bits per heavy atom. The van der Waals surface area contributed by atoms with Crippen molar-refractivity contribution < 1.29 is 18.7 Å². The molecule has 122 valence electrons. The van der Waals surface area contributed by atoms with E-state index in [1.165, 1.54) is 29.3 Å². The number of hydrogen-bond acceptors (Lipinski definition) is 3. The van der Waals surface area contributed by atoms with E-state index in [0.717, 1.165) is 5.56 Å². The molecule has 2 aromatic rings. The third kappa shape index (κ3) is 3.68. The summed E-state index contributed by atoms with van der Waals surface area (Å²) in [6.45, 7) is 0.133. The molecule has 2 aromatic carbocycles. The summed E-state index contributed by atoms with van der Waals surface area (Å²) in [7, 11) is 0. The number of allylic oxidation sites excluding steroid dienone is 1. The maximum atomic E-state index is 13.5. The van der Waals surface area contributed by atoms with Crippen LogP contribution in [0.2, 0.25) is 0 Å². The molecule has 24 heavy (non-hydrogen) atoms. The molecule has 1 unspecified atom stereocenters. The Morgan fingerprint density at radius 3 is 2.71 bits per heavy atom. The lowest BCUT2D eigenvalue weighted by Crippen LogP contribution is -2.34. The Morgan fingerprint density at radius 2 is 1.96 bits per heavy atom. The second-order valence-corrected chi connectivity index (χ2v) is 5.50. The number of carbonyl (C=O) groups is 2. The first-order valence-electron chi connectivity index (χ1n) is 7.59. The molecule has 0 saturated heterocycles. The Balaban J connectivity index is 1.77. The first-order chi connectivity index (χ1) is 11.6. The Bertz CT molecular complexity index is 773. The molecule has 4 nitrogen and oxygen atoms in total. The highest BCUT2D eigenvalue weighted by molar-refractivity contribution is 5.92. The summed E-state index contributed by atoms with van der Waals surface area (Å²) < 4.78 is 18.8. The molecule has 1 atom stereocenters. The van der Waals surface area contributed by atoms with Gasteiger partial charge >= 0.3 is 6.09 Å². The van der Waals surface area contributed by atoms with Crippen molar-refractivity contribution in [1.82, 2.24) is 4.90 Å². The van der Waals surface area contributed by atoms with Crippen LogP contribution in [0.15, 0.2) is 66.9 Å². The van der Waals surface area contributed by atoms with Gasteiger partial charge in [0.25, 0.3) is 0 Å². The predicted octanol–water partition coefficient (Wildman–Crippen LogP) is 3.99. The molecule has 5 heteroatoms. The molecule has 0 fully saturated rings. The lowest BCUT2D eigenvalue weighted by atomic mass is 9.97. The van der Waals surface area contributed by atoms with E-state index in [9.17, 15) is 14.0 Å². The van der Waals surface area contributed by atoms with Crippen molar-refractivity contribution in [2.75, 3.05) is 0 Å². The minimum absolute atomic E-state index is 0.0976. The number of nitrogens with zero attached hydrogens (tertiary/aromatic N) is 1. The van der Waals surface area contributed by atoms with Crippen LogP contribution in [0.1, 0.15) is 23.6 Å². The number of ketones is 1. The topological polar surface area (TPSA) is 46.6 Å². The summed E-state index contributed by atoms with van der Waals surface area (Å²) >= 11 is 0. The molecule has 0 aliphatic carbocycles. The molecule has 1 heterocycles. The van der Waals surface area contributed by atoms with E-state index < -0.39 is 18.0 Å². The number of rotatable bonds is 3. The van der Waals surface area contributed by atoms with E-state index in [4.69, 9.17) is 4.74 Å². The lowest BCUT2D eigenvalue weighted by Gasteiger charge is -2.30. The maximum absolute atomic E-state index is 13.5. The molecule has 3 rings (SSSR count). The highest BCUT2D eigenvalue weighted by atomic mass is 19.1. The number of halogens is 1. The second kappa shape index (κ2) is 7.08. The van der Waals surface area contributed by atoms with E-state index >= 15 is 0 Å². The zero-order valence-electron chi connectivity index (χ0n) is 12.9. The van der Waals surface area contributed by atoms with Crippen LogP contribution in [0.25, 0.3) is 0 Å². The van der Waals surface area contributed by atoms with Crippen LogP contribution in [-0.4, -0.2) is 16.8 Å². The van der Waals surface area contributed by atoms with Gasteiger partial charge in [-0.1, -0.05) is 42.5 Å². The van der Waals surface area contributed by atoms with Crippen molar-refractivity contribution in [3.8, 4) is 0 Å². The molecular weight excluding hydrogens is 309 g/mol. The zero-order valence-corrected chi connectivity index (χ0v) is 12.9. The van der Waals surface area contributed by atoms with Gasteiger partial charge in [-0.15, -0.1) is 0 Å². The van der Waals surface area contributed by atoms with Crippen LogP contribution >= 0.6 is 0 Å². The fraction of sp³-hybridized carbons (Fsp3) is 0.158. The van der Waals surface area contributed by atoms with Crippen molar-refractivity contribution in [2.45, 2.75) is 19.1 Å². The predicted molar refractivity (Wildman–Crippen MR) is 86.4 cm³/mol. The van der Waals surface area contributed by atoms with Gasteiger partial charge in [0.2, 0.25) is 0 Å². The number of hydrogen-bond donors (Lipinski definition) is 0. The molecule has 0 N–H and O–H groups in total. The second-order valence-electron chi connectivity index (χ2n) is 5.50. The average molecular weight is 325 g/mol. The number of ether oxygens (including phenoxy) is 1. The van der Waals surface area contributed by atoms with E-state index in [1.54, 1.807) is 12.1 Å². The molecule has 1 amide bonds. The Labute approximate surface area is 139 Å². The van der Waals surface area contributed by atoms with Crippen molar-refractivity contribution in [1.29, 1.82) is 0 Å². The summed E-state index contributed by atoms with van der Waals surface area (Å²) in [6, 6.07) is 14.6. The fourth-order valence-corrected chi connectivity index (χ4v) is 2.60. The molecule has 0 aromatic heterocycles. The summed E-state index contributed by atoms with van der Waals surface area (Å²) in [5.41, 5.74) is 1.43. The van der Waals surface area contributed by atoms with Gasteiger partial charge in [0, 0.05) is 12.6 Å². The van der Waals surface area contributed by atoms with Gasteiger partial charge in [0.1, 0.15) is 12.4 Å². The summed E-state index contributed by atoms with van der Waals surface area (Å²) in [6.07, 6.45) is 2.26. The average Bonchev–Trinajstić information content (AvgIpc) is 2.60. The van der Waals surface area contributed by atoms with Gasteiger partial charge in [-0.2, -0.15) is 0 Å². The van der Waals surface area contributed by atoms with Crippen LogP contribution in [0, 0.1) is 5.82 Å². The Kier molecular flexibility index (Phi) is 4.70. The molecule has 0 radical (unpaired) electrons. The fourth-order valence-electron chi connectivity index (χ4n) is 2.60. The van der Waals surface area contributed by atoms with Crippen LogP contribution < -0.4 is 0 Å². The lowest BCUT2D eigenvalue weighted by molar-refractivity contribution is -0.116. The quantitative estimate of drug-likeness (QED) is 0.857. The Hall–Kier alpha value is -2.95. The summed E-state index contributed by atoms with van der Waals surface area (Å²) in [4.78, 5) is 25.4. The molecule has 0 bridgehead atoms. The number of benzene rings is 2. The zero-order chi connectivity index (χ0) is 16.9. The van der Waals surface area contributed by atoms with Crippen LogP contribution in [0.3, 0.4) is 0 Å². The van der Waals surface area contributed by atoms with Crippen LogP contribution in [0.4, 0.5) is 9.18 Å². The van der Waals surface area contributed by atoms with E-state index in [2.05, 4.69) is 0 Å². The van der Waals surface area contributed by atoms with Crippen molar-refractivity contribution in [2.24, 2.45) is 0 Å². The van der Waals surface area contributed by atoms with Crippen molar-refractivity contribution >= 4 is 11.9 Å². The monoisotopic (exact) mass is 325 g/mol. The van der Waals surface area contributed by atoms with Gasteiger partial charge in [-0.3, -0.25) is 9.69 Å². The third-order valence-corrected chi connectivity index (χ3v) is 3.80. The summed E-state index contributed by atoms with van der Waals surface area (Å²) in [5.74, 6) is -0.525. The standard InChI is InChI=1S/C19H16FNO3/c20-16-8-4-7-15(11-16)18-12-17(22)9-10-21(18)19(23)24-13-14-5-2-1-3-6-14/h1-11,18H,12-13H2. The van der Waals surface area contributed by atoms with E-state index in [0.29, 0.717) is 5.56 Å². The van der Waals surface area contributed by atoms with Crippen LogP contribution in [0.5, 0.6) is 0 Å². The van der Waals surface area contributed by atoms with Gasteiger partial charge in [0.15, 0.2) is 5.78 Å². The maximum Gasteiger partial charge on any atom is 0.414 e. The van der Waals surface area contributed by atoms with Gasteiger partial charge in [-0.05, 0) is 29.3 Å². The van der Waals surface area contributed by atoms with Crippen molar-refractivity contribution in [3.63, 3.8) is 0 Å². The summed E-state index contributed by atoms with van der Waals surface area (Å²) in [5, 5.41) is 0. The largest absolute Gasteiger partial charge is 0.444 e. The van der Waals surface area contributed by atoms with Gasteiger partial charge in [-0.25, -0.2) is 9.18 Å². The molecule has 1 aliphatic rings. The van der Waals surface area contributed by atoms with Gasteiger partial charge in [0.05, 0.1) is 6.04 Å². The van der Waals surface area contributed by atoms with E-state index in [-0.39, 0.29) is 18.8 Å². The molecule has 1 aliphatic heterocycles. The van der Waals surface area contributed by atoms with Gasteiger partial charge < -0.3 is 4.74 Å². The SMILES string of the molecule is O=C1C=CN(C(=O)OCc2ccccc2)C(c2cccc(F)c2)C1.